The number of hydrazone groups is 1. The van der Waals surface area contributed by atoms with Gasteiger partial charge in [0.1, 0.15) is 5.75 Å². The van der Waals surface area contributed by atoms with Crippen molar-refractivity contribution in [3.05, 3.63) is 62.7 Å². The van der Waals surface area contributed by atoms with Crippen LogP contribution in [0.15, 0.2) is 41.5 Å². The van der Waals surface area contributed by atoms with Crippen molar-refractivity contribution in [3.63, 3.8) is 0 Å². The van der Waals surface area contributed by atoms with Crippen LogP contribution in [0.25, 0.3) is 0 Å². The number of nitro benzene ring substituents is 1. The van der Waals surface area contributed by atoms with Crippen LogP contribution in [0, 0.1) is 10.1 Å². The lowest BCUT2D eigenvalue weighted by Crippen LogP contribution is -2.24. The molecule has 1 N–H and O–H groups in total. The van der Waals surface area contributed by atoms with Gasteiger partial charge in [0.25, 0.3) is 11.6 Å². The number of nitro groups is 1. The number of nitrogens with zero attached hydrogens (tertiary/aromatic N) is 2. The second-order valence-corrected chi connectivity index (χ2v) is 6.50. The van der Waals surface area contributed by atoms with Crippen LogP contribution in [0.4, 0.5) is 5.69 Å². The lowest BCUT2D eigenvalue weighted by atomic mass is 9.99. The first kappa shape index (κ1) is 21.2. The third-order valence-electron chi connectivity index (χ3n) is 4.08. The van der Waals surface area contributed by atoms with Gasteiger partial charge in [-0.1, -0.05) is 37.6 Å². The van der Waals surface area contributed by atoms with Gasteiger partial charge in [-0.15, -0.1) is 0 Å². The minimum Gasteiger partial charge on any atom is -0.867 e. The molecular formula is C19H19ClN3O5-. The summed E-state index contributed by atoms with van der Waals surface area (Å²) in [4.78, 5) is 21.8. The Morgan fingerprint density at radius 1 is 1.36 bits per heavy atom. The van der Waals surface area contributed by atoms with Crippen molar-refractivity contribution < 1.29 is 19.6 Å². The Morgan fingerprint density at radius 2 is 2.04 bits per heavy atom. The van der Waals surface area contributed by atoms with Gasteiger partial charge in [-0.05, 0) is 47.4 Å². The number of hydrogen-bond donors (Lipinski definition) is 1. The van der Waals surface area contributed by atoms with Crippen molar-refractivity contribution in [1.29, 1.82) is 0 Å². The van der Waals surface area contributed by atoms with Crippen molar-refractivity contribution in [2.24, 2.45) is 5.10 Å². The van der Waals surface area contributed by atoms with Crippen LogP contribution in [0.1, 0.15) is 37.3 Å². The van der Waals surface area contributed by atoms with Crippen molar-refractivity contribution in [2.45, 2.75) is 26.2 Å². The summed E-state index contributed by atoms with van der Waals surface area (Å²) in [6.45, 7) is 3.96. The molecule has 1 amide bonds. The first-order chi connectivity index (χ1) is 13.3. The number of amides is 1. The highest BCUT2D eigenvalue weighted by molar-refractivity contribution is 6.31. The van der Waals surface area contributed by atoms with E-state index in [2.05, 4.69) is 24.4 Å². The van der Waals surface area contributed by atoms with Crippen molar-refractivity contribution in [1.82, 2.24) is 5.43 Å². The van der Waals surface area contributed by atoms with Gasteiger partial charge < -0.3 is 9.84 Å². The Kier molecular flexibility index (Phi) is 7.34. The lowest BCUT2D eigenvalue weighted by molar-refractivity contribution is -0.398. The van der Waals surface area contributed by atoms with Crippen molar-refractivity contribution >= 4 is 29.4 Å². The number of ether oxygens (including phenoxy) is 1. The first-order valence-electron chi connectivity index (χ1n) is 8.51. The molecule has 0 radical (unpaired) electrons. The predicted octanol–water partition coefficient (Wildman–Crippen LogP) is 3.36. The molecule has 0 spiro atoms. The molecule has 0 saturated carbocycles. The highest BCUT2D eigenvalue weighted by Gasteiger charge is 2.11. The van der Waals surface area contributed by atoms with Gasteiger partial charge in [-0.2, -0.15) is 5.10 Å². The van der Waals surface area contributed by atoms with Gasteiger partial charge >= 0.3 is 0 Å². The fourth-order valence-electron chi connectivity index (χ4n) is 2.31. The molecule has 2 aromatic rings. The van der Waals surface area contributed by atoms with E-state index in [0.29, 0.717) is 11.7 Å². The van der Waals surface area contributed by atoms with Crippen LogP contribution in [0.2, 0.25) is 5.02 Å². The highest BCUT2D eigenvalue weighted by Crippen LogP contribution is 2.29. The fourth-order valence-corrected chi connectivity index (χ4v) is 2.54. The smallest absolute Gasteiger partial charge is 0.277 e. The molecule has 0 aliphatic carbocycles. The third-order valence-corrected chi connectivity index (χ3v) is 4.30. The predicted molar refractivity (Wildman–Crippen MR) is 104 cm³/mol. The molecule has 0 aromatic heterocycles. The Bertz CT molecular complexity index is 884. The van der Waals surface area contributed by atoms with E-state index in [9.17, 15) is 20.0 Å². The average Bonchev–Trinajstić information content (AvgIpc) is 2.68. The number of carbonyl (C=O) groups excluding carboxylic acids is 1. The molecule has 8 nitrogen and oxygen atoms in total. The van der Waals surface area contributed by atoms with Gasteiger partial charge in [-0.25, -0.2) is 5.43 Å². The van der Waals surface area contributed by atoms with Crippen molar-refractivity contribution in [3.8, 4) is 11.5 Å². The summed E-state index contributed by atoms with van der Waals surface area (Å²) in [7, 11) is 0. The van der Waals surface area contributed by atoms with Gasteiger partial charge in [0.15, 0.2) is 6.61 Å². The molecule has 0 unspecified atom stereocenters. The molecule has 28 heavy (non-hydrogen) atoms. The fraction of sp³-hybridized carbons (Fsp3) is 0.263. The quantitative estimate of drug-likeness (QED) is 0.411. The molecule has 0 heterocycles. The summed E-state index contributed by atoms with van der Waals surface area (Å²) in [6.07, 6.45) is 2.03. The SMILES string of the molecule is CC[C@H](C)c1ccc(OCC(=O)N/N=C\c2cc(Cl)cc([N+](=O)[O-])c2[O-])cc1. The highest BCUT2D eigenvalue weighted by atomic mass is 35.5. The number of benzene rings is 2. The van der Waals surface area contributed by atoms with Gasteiger partial charge in [-0.3, -0.25) is 14.9 Å². The molecule has 0 bridgehead atoms. The van der Waals surface area contributed by atoms with Gasteiger partial charge in [0.05, 0.1) is 11.1 Å². The zero-order valence-corrected chi connectivity index (χ0v) is 16.1. The van der Waals surface area contributed by atoms with Crippen LogP contribution >= 0.6 is 11.6 Å². The number of halogens is 1. The number of hydrogen-bond acceptors (Lipinski definition) is 6. The molecule has 2 rings (SSSR count). The maximum atomic E-state index is 11.9. The van der Waals surface area contributed by atoms with Crippen LogP contribution < -0.4 is 15.3 Å². The zero-order chi connectivity index (χ0) is 20.7. The summed E-state index contributed by atoms with van der Waals surface area (Å²) in [5, 5.41) is 26.4. The van der Waals surface area contributed by atoms with E-state index < -0.39 is 22.3 Å². The molecule has 0 saturated heterocycles. The maximum absolute atomic E-state index is 11.9. The molecule has 1 atom stereocenters. The summed E-state index contributed by atoms with van der Waals surface area (Å²) >= 11 is 5.75. The van der Waals surface area contributed by atoms with Crippen LogP contribution in [0.5, 0.6) is 11.5 Å². The topological polar surface area (TPSA) is 117 Å². The van der Waals surface area contributed by atoms with E-state index in [-0.39, 0.29) is 17.2 Å². The van der Waals surface area contributed by atoms with Gasteiger partial charge in [0, 0.05) is 11.1 Å². The second kappa shape index (κ2) is 9.70. The molecular weight excluding hydrogens is 386 g/mol. The van der Waals surface area contributed by atoms with E-state index in [1.807, 2.05) is 12.1 Å². The largest absolute Gasteiger partial charge is 0.867 e. The number of rotatable bonds is 8. The molecule has 148 valence electrons. The summed E-state index contributed by atoms with van der Waals surface area (Å²) < 4.78 is 5.37. The van der Waals surface area contributed by atoms with E-state index in [1.54, 1.807) is 12.1 Å². The number of carbonyl (C=O) groups is 1. The maximum Gasteiger partial charge on any atom is 0.277 e. The van der Waals surface area contributed by atoms with Crippen molar-refractivity contribution in [2.75, 3.05) is 6.61 Å². The normalized spacial score (nSPS) is 12.0. The molecule has 0 aliphatic rings. The minimum absolute atomic E-state index is 0.0169. The minimum atomic E-state index is -0.843. The summed E-state index contributed by atoms with van der Waals surface area (Å²) in [5.74, 6) is -0.408. The second-order valence-electron chi connectivity index (χ2n) is 6.06. The van der Waals surface area contributed by atoms with Crippen LogP contribution in [0.3, 0.4) is 0 Å². The zero-order valence-electron chi connectivity index (χ0n) is 15.3. The average molecular weight is 405 g/mol. The Morgan fingerprint density at radius 3 is 2.64 bits per heavy atom. The van der Waals surface area contributed by atoms with Crippen LogP contribution in [-0.2, 0) is 4.79 Å². The van der Waals surface area contributed by atoms with Gasteiger partial charge in [0.2, 0.25) is 0 Å². The first-order valence-corrected chi connectivity index (χ1v) is 8.89. The standard InChI is InChI=1S/C19H20ClN3O5/c1-3-12(2)13-4-6-16(7-5-13)28-11-18(24)22-21-10-14-8-15(20)9-17(19(14)25)23(26)27/h4-10,12,25H,3,11H2,1-2H3,(H,22,24)/p-1/b21-10-/t12-/m0/s1. The van der Waals surface area contributed by atoms with E-state index >= 15 is 0 Å². The van der Waals surface area contributed by atoms with E-state index in [0.717, 1.165) is 18.7 Å². The molecule has 0 fully saturated rings. The Balaban J connectivity index is 1.91. The number of nitrogens with one attached hydrogen (secondary N) is 1. The summed E-state index contributed by atoms with van der Waals surface area (Å²) in [5.41, 5.74) is 2.60. The monoisotopic (exact) mass is 404 g/mol. The Labute approximate surface area is 166 Å². The molecule has 9 heteroatoms. The van der Waals surface area contributed by atoms with E-state index in [4.69, 9.17) is 16.3 Å². The Hall–Kier alpha value is -3.13. The van der Waals surface area contributed by atoms with E-state index in [1.165, 1.54) is 11.6 Å². The third kappa shape index (κ3) is 5.68. The summed E-state index contributed by atoms with van der Waals surface area (Å²) in [6, 6.07) is 9.64. The molecule has 0 aliphatic heterocycles. The molecule has 2 aromatic carbocycles. The van der Waals surface area contributed by atoms with Crippen LogP contribution in [-0.4, -0.2) is 23.7 Å². The lowest BCUT2D eigenvalue weighted by Gasteiger charge is -2.11.